The number of hydrogen-bond acceptors (Lipinski definition) is 6. The van der Waals surface area contributed by atoms with E-state index >= 15 is 0 Å². The molecule has 1 aromatic heterocycles. The smallest absolute Gasteiger partial charge is 0.248 e. The van der Waals surface area contributed by atoms with Gasteiger partial charge in [0.05, 0.1) is 25.0 Å². The van der Waals surface area contributed by atoms with Gasteiger partial charge < -0.3 is 20.1 Å². The molecule has 2 amide bonds. The molecule has 9 nitrogen and oxygen atoms in total. The summed E-state index contributed by atoms with van der Waals surface area (Å²) < 4.78 is 7.24. The van der Waals surface area contributed by atoms with Crippen LogP contribution in [0.5, 0.6) is 0 Å². The number of benzene rings is 1. The molecule has 2 heterocycles. The Morgan fingerprint density at radius 3 is 2.69 bits per heavy atom. The van der Waals surface area contributed by atoms with Crippen LogP contribution < -0.4 is 5.32 Å². The van der Waals surface area contributed by atoms with Crippen molar-refractivity contribution in [3.63, 3.8) is 0 Å². The lowest BCUT2D eigenvalue weighted by molar-refractivity contribution is -0.144. The minimum atomic E-state index is -0.772. The number of amides is 2. The van der Waals surface area contributed by atoms with Crippen molar-refractivity contribution >= 4 is 35.0 Å². The number of β-amino-alcohol motifs (C(OH)–C–C–N with tert-alkyl or cyclic N) is 1. The second kappa shape index (κ2) is 11.0. The number of nitrogens with zero attached hydrogens (tertiary/aromatic N) is 4. The van der Waals surface area contributed by atoms with E-state index in [9.17, 15) is 14.7 Å². The number of nitrogens with one attached hydrogen (secondary N) is 1. The Hall–Kier alpha value is -2.20. The second-order valence-corrected chi connectivity index (χ2v) is 11.5. The van der Waals surface area contributed by atoms with Gasteiger partial charge in [0.1, 0.15) is 12.1 Å². The van der Waals surface area contributed by atoms with Gasteiger partial charge in [-0.25, -0.2) is 4.68 Å². The predicted molar refractivity (Wildman–Crippen MR) is 136 cm³/mol. The third-order valence-electron chi connectivity index (χ3n) is 6.53. The van der Waals surface area contributed by atoms with Gasteiger partial charge in [0.25, 0.3) is 0 Å². The molecule has 0 spiro atoms. The molecule has 0 radical (unpaired) electrons. The molecular weight excluding hydrogens is 505 g/mol. The zero-order chi connectivity index (χ0) is 26.0. The fraction of sp³-hybridized carbons (Fsp3) is 0.600. The van der Waals surface area contributed by atoms with E-state index in [1.165, 1.54) is 4.90 Å². The second-order valence-electron chi connectivity index (χ2n) is 10.6. The third-order valence-corrected chi connectivity index (χ3v) is 7.11. The van der Waals surface area contributed by atoms with Gasteiger partial charge in [-0.1, -0.05) is 55.3 Å². The van der Waals surface area contributed by atoms with Gasteiger partial charge in [0, 0.05) is 41.7 Å². The summed E-state index contributed by atoms with van der Waals surface area (Å²) in [5, 5.41) is 22.8. The highest BCUT2D eigenvalue weighted by atomic mass is 35.5. The van der Waals surface area contributed by atoms with Gasteiger partial charge in [-0.2, -0.15) is 0 Å². The number of aliphatic hydroxyl groups excluding tert-OH is 1. The van der Waals surface area contributed by atoms with Crippen LogP contribution in [0.15, 0.2) is 24.4 Å². The molecule has 11 heteroatoms. The molecule has 1 aliphatic carbocycles. The molecule has 0 bridgehead atoms. The summed E-state index contributed by atoms with van der Waals surface area (Å²) in [6.45, 7) is 6.78. The highest BCUT2D eigenvalue weighted by molar-refractivity contribution is 6.35. The molecule has 1 saturated heterocycles. The first-order valence-electron chi connectivity index (χ1n) is 12.2. The number of rotatable bonds is 9. The van der Waals surface area contributed by atoms with Crippen molar-refractivity contribution < 1.29 is 19.4 Å². The van der Waals surface area contributed by atoms with Crippen LogP contribution >= 0.6 is 23.2 Å². The summed E-state index contributed by atoms with van der Waals surface area (Å²) in [6, 6.07) is 3.76. The largest absolute Gasteiger partial charge is 0.391 e. The van der Waals surface area contributed by atoms with E-state index in [1.54, 1.807) is 22.9 Å². The third kappa shape index (κ3) is 6.37. The highest BCUT2D eigenvalue weighted by Gasteiger charge is 2.45. The van der Waals surface area contributed by atoms with E-state index in [-0.39, 0.29) is 44.5 Å². The standard InChI is InChI=1S/C25H33Cl2N5O4/c1-25(2,3)22(32-13-20(29-30-32)15-4-5-15)24(35)31-12-18(33)11-21(31)23(34)28-8-9-36-14-16-6-7-17(26)10-19(16)27/h6-7,10,13,15,18,21-22,33H,4-5,8-9,11-12,14H2,1-3H3,(H,28,34)/t18-,21+,22-/m1/s1. The molecular formula is C25H33Cl2N5O4. The zero-order valence-electron chi connectivity index (χ0n) is 20.8. The maximum Gasteiger partial charge on any atom is 0.248 e. The van der Waals surface area contributed by atoms with Crippen LogP contribution in [-0.2, 0) is 20.9 Å². The molecule has 0 unspecified atom stereocenters. The Balaban J connectivity index is 1.35. The van der Waals surface area contributed by atoms with E-state index in [4.69, 9.17) is 27.9 Å². The average Bonchev–Trinajstić information content (AvgIpc) is 3.41. The van der Waals surface area contributed by atoms with Crippen molar-refractivity contribution in [1.82, 2.24) is 25.2 Å². The van der Waals surface area contributed by atoms with E-state index in [1.807, 2.05) is 27.0 Å². The molecule has 1 saturated carbocycles. The number of carbonyl (C=O) groups is 2. The molecule has 2 aliphatic rings. The number of aromatic nitrogens is 3. The molecule has 2 aromatic rings. The molecule has 3 atom stereocenters. The number of aliphatic hydroxyl groups is 1. The summed E-state index contributed by atoms with van der Waals surface area (Å²) >= 11 is 12.1. The molecule has 1 aliphatic heterocycles. The molecule has 1 aromatic carbocycles. The van der Waals surface area contributed by atoms with Gasteiger partial charge in [-0.15, -0.1) is 5.10 Å². The van der Waals surface area contributed by atoms with Gasteiger partial charge in [0.15, 0.2) is 0 Å². The maximum atomic E-state index is 13.7. The predicted octanol–water partition coefficient (Wildman–Crippen LogP) is 3.34. The van der Waals surface area contributed by atoms with E-state index in [2.05, 4.69) is 15.6 Å². The van der Waals surface area contributed by atoms with Crippen molar-refractivity contribution in [2.45, 2.75) is 70.7 Å². The Kier molecular flexibility index (Phi) is 8.24. The van der Waals surface area contributed by atoms with Crippen LogP contribution in [0.3, 0.4) is 0 Å². The molecule has 36 heavy (non-hydrogen) atoms. The van der Waals surface area contributed by atoms with E-state index in [0.717, 1.165) is 24.1 Å². The molecule has 2 N–H and O–H groups in total. The van der Waals surface area contributed by atoms with Crippen LogP contribution in [0, 0.1) is 5.41 Å². The highest BCUT2D eigenvalue weighted by Crippen LogP contribution is 2.40. The Morgan fingerprint density at radius 2 is 2.03 bits per heavy atom. The fourth-order valence-electron chi connectivity index (χ4n) is 4.51. The summed E-state index contributed by atoms with van der Waals surface area (Å²) in [4.78, 5) is 28.2. The minimum absolute atomic E-state index is 0.0965. The van der Waals surface area contributed by atoms with Crippen molar-refractivity contribution in [3.05, 3.63) is 45.7 Å². The zero-order valence-corrected chi connectivity index (χ0v) is 22.3. The lowest BCUT2D eigenvalue weighted by Crippen LogP contribution is -2.50. The van der Waals surface area contributed by atoms with Gasteiger partial charge >= 0.3 is 0 Å². The molecule has 4 rings (SSSR count). The lowest BCUT2D eigenvalue weighted by atomic mass is 9.85. The first-order chi connectivity index (χ1) is 17.0. The number of ether oxygens (including phenoxy) is 1. The Morgan fingerprint density at radius 1 is 1.28 bits per heavy atom. The van der Waals surface area contributed by atoms with Gasteiger partial charge in [0.2, 0.25) is 11.8 Å². The van der Waals surface area contributed by atoms with Crippen LogP contribution in [0.2, 0.25) is 10.0 Å². The summed E-state index contributed by atoms with van der Waals surface area (Å²) in [7, 11) is 0. The quantitative estimate of drug-likeness (QED) is 0.474. The number of carbonyl (C=O) groups excluding carboxylic acids is 2. The van der Waals surface area contributed by atoms with Crippen molar-refractivity contribution in [1.29, 1.82) is 0 Å². The van der Waals surface area contributed by atoms with Gasteiger partial charge in [-0.05, 0) is 36.0 Å². The van der Waals surface area contributed by atoms with Crippen LogP contribution in [0.1, 0.15) is 63.3 Å². The number of halogens is 2. The molecule has 2 fully saturated rings. The number of hydrogen-bond donors (Lipinski definition) is 2. The van der Waals surface area contributed by atoms with E-state index in [0.29, 0.717) is 16.0 Å². The van der Waals surface area contributed by atoms with Crippen LogP contribution in [-0.4, -0.2) is 68.7 Å². The monoisotopic (exact) mass is 537 g/mol. The lowest BCUT2D eigenvalue weighted by Gasteiger charge is -2.34. The van der Waals surface area contributed by atoms with Crippen molar-refractivity contribution in [3.8, 4) is 0 Å². The van der Waals surface area contributed by atoms with Crippen LogP contribution in [0.4, 0.5) is 0 Å². The topological polar surface area (TPSA) is 110 Å². The first-order valence-corrected chi connectivity index (χ1v) is 13.0. The summed E-state index contributed by atoms with van der Waals surface area (Å²) in [6.07, 6.45) is 3.43. The average molecular weight is 538 g/mol. The van der Waals surface area contributed by atoms with Gasteiger partial charge in [-0.3, -0.25) is 9.59 Å². The normalized spacial score (nSPS) is 21.0. The Bertz CT molecular complexity index is 1100. The van der Waals surface area contributed by atoms with E-state index < -0.39 is 23.6 Å². The summed E-state index contributed by atoms with van der Waals surface area (Å²) in [5.74, 6) is -0.155. The first kappa shape index (κ1) is 26.9. The van der Waals surface area contributed by atoms with Crippen LogP contribution in [0.25, 0.3) is 0 Å². The SMILES string of the molecule is CC(C)(C)[C@@H](C(=O)N1C[C@H](O)C[C@H]1C(=O)NCCOCc1ccc(Cl)cc1Cl)n1cc(C2CC2)nn1. The van der Waals surface area contributed by atoms with Crippen molar-refractivity contribution in [2.24, 2.45) is 5.41 Å². The molecule has 196 valence electrons. The summed E-state index contributed by atoms with van der Waals surface area (Å²) in [5.41, 5.74) is 1.22. The van der Waals surface area contributed by atoms with Crippen molar-refractivity contribution in [2.75, 3.05) is 19.7 Å². The fourth-order valence-corrected chi connectivity index (χ4v) is 4.97. The maximum absolute atomic E-state index is 13.7. The Labute approximate surface area is 221 Å². The minimum Gasteiger partial charge on any atom is -0.391 e. The number of likely N-dealkylation sites (tertiary alicyclic amines) is 1.